The summed E-state index contributed by atoms with van der Waals surface area (Å²) in [6, 6.07) is 3.89. The maximum atomic E-state index is 12.2. The Morgan fingerprint density at radius 2 is 2.44 bits per heavy atom. The Morgan fingerprint density at radius 1 is 1.69 bits per heavy atom. The van der Waals surface area contributed by atoms with Gasteiger partial charge in [-0.2, -0.15) is 0 Å². The summed E-state index contributed by atoms with van der Waals surface area (Å²) in [6.07, 6.45) is 5.61. The van der Waals surface area contributed by atoms with Crippen LogP contribution >= 0.6 is 15.9 Å². The first-order valence-corrected chi connectivity index (χ1v) is 6.05. The Bertz CT molecular complexity index is 415. The van der Waals surface area contributed by atoms with Crippen molar-refractivity contribution >= 4 is 21.8 Å². The Hall–Kier alpha value is -1.16. The zero-order chi connectivity index (χ0) is 11.5. The summed E-state index contributed by atoms with van der Waals surface area (Å²) in [5, 5.41) is 0. The van der Waals surface area contributed by atoms with Crippen LogP contribution in [0.25, 0.3) is 0 Å². The lowest BCUT2D eigenvalue weighted by atomic mass is 10.2. The normalized spacial score (nSPS) is 14.6. The summed E-state index contributed by atoms with van der Waals surface area (Å²) < 4.78 is 0.688. The molecule has 0 spiro atoms. The molecule has 1 aromatic heterocycles. The molecular formula is C12H13BrN2O. The number of rotatable bonds is 4. The molecule has 84 valence electrons. The smallest absolute Gasteiger partial charge is 0.254 e. The number of carbonyl (C=O) groups is 1. The van der Waals surface area contributed by atoms with Crippen molar-refractivity contribution < 1.29 is 4.79 Å². The third kappa shape index (κ3) is 2.50. The van der Waals surface area contributed by atoms with Gasteiger partial charge in [0.2, 0.25) is 0 Å². The predicted molar refractivity (Wildman–Crippen MR) is 66.2 cm³/mol. The summed E-state index contributed by atoms with van der Waals surface area (Å²) in [6.45, 7) is 4.30. The molecule has 3 nitrogen and oxygen atoms in total. The highest BCUT2D eigenvalue weighted by Crippen LogP contribution is 2.28. The van der Waals surface area contributed by atoms with Gasteiger partial charge in [-0.15, -0.1) is 6.58 Å². The zero-order valence-corrected chi connectivity index (χ0v) is 10.5. The number of nitrogens with zero attached hydrogens (tertiary/aromatic N) is 2. The summed E-state index contributed by atoms with van der Waals surface area (Å²) in [5.74, 6) is 0.0606. The second-order valence-electron chi connectivity index (χ2n) is 3.84. The molecular weight excluding hydrogens is 268 g/mol. The van der Waals surface area contributed by atoms with Gasteiger partial charge in [0.05, 0.1) is 0 Å². The summed E-state index contributed by atoms with van der Waals surface area (Å²) in [5.41, 5.74) is 0.677. The molecule has 1 aliphatic carbocycles. The molecule has 0 unspecified atom stereocenters. The average Bonchev–Trinajstić information content (AvgIpc) is 3.09. The van der Waals surface area contributed by atoms with Crippen LogP contribution in [0.4, 0.5) is 0 Å². The molecule has 0 atom stereocenters. The molecule has 0 N–H and O–H groups in total. The largest absolute Gasteiger partial charge is 0.332 e. The van der Waals surface area contributed by atoms with E-state index in [1.54, 1.807) is 24.4 Å². The number of aromatic nitrogens is 1. The fourth-order valence-electron chi connectivity index (χ4n) is 1.62. The Balaban J connectivity index is 2.18. The highest BCUT2D eigenvalue weighted by molar-refractivity contribution is 9.10. The van der Waals surface area contributed by atoms with Gasteiger partial charge in [0.25, 0.3) is 5.91 Å². The van der Waals surface area contributed by atoms with E-state index in [1.807, 2.05) is 4.90 Å². The van der Waals surface area contributed by atoms with Crippen LogP contribution in [-0.2, 0) is 0 Å². The number of hydrogen-bond acceptors (Lipinski definition) is 2. The van der Waals surface area contributed by atoms with Crippen molar-refractivity contribution in [2.75, 3.05) is 6.54 Å². The maximum Gasteiger partial charge on any atom is 0.254 e. The fraction of sp³-hybridized carbons (Fsp3) is 0.333. The van der Waals surface area contributed by atoms with E-state index in [0.717, 1.165) is 12.8 Å². The maximum absolute atomic E-state index is 12.2. The molecule has 0 radical (unpaired) electrons. The van der Waals surface area contributed by atoms with E-state index in [4.69, 9.17) is 0 Å². The lowest BCUT2D eigenvalue weighted by molar-refractivity contribution is 0.0762. The molecule has 16 heavy (non-hydrogen) atoms. The van der Waals surface area contributed by atoms with Crippen LogP contribution in [0.1, 0.15) is 23.2 Å². The minimum atomic E-state index is 0.0606. The Morgan fingerprint density at radius 3 is 3.00 bits per heavy atom. The van der Waals surface area contributed by atoms with E-state index < -0.39 is 0 Å². The average molecular weight is 281 g/mol. The number of hydrogen-bond donors (Lipinski definition) is 0. The van der Waals surface area contributed by atoms with Crippen LogP contribution in [0.3, 0.4) is 0 Å². The molecule has 0 bridgehead atoms. The first kappa shape index (κ1) is 11.3. The van der Waals surface area contributed by atoms with Gasteiger partial charge in [-0.1, -0.05) is 6.08 Å². The SMILES string of the molecule is C=CCN(C(=O)c1ccnc(Br)c1)C1CC1. The van der Waals surface area contributed by atoms with Crippen LogP contribution < -0.4 is 0 Å². The molecule has 0 saturated heterocycles. The first-order chi connectivity index (χ1) is 7.72. The van der Waals surface area contributed by atoms with E-state index in [9.17, 15) is 4.79 Å². The lowest BCUT2D eigenvalue weighted by Crippen LogP contribution is -2.33. The van der Waals surface area contributed by atoms with Crippen LogP contribution in [0.5, 0.6) is 0 Å². The number of halogens is 1. The standard InChI is InChI=1S/C12H13BrN2O/c1-2-7-15(10-3-4-10)12(16)9-5-6-14-11(13)8-9/h2,5-6,8,10H,1,3-4,7H2. The Labute approximate surface area is 103 Å². The number of carbonyl (C=O) groups excluding carboxylic acids is 1. The van der Waals surface area contributed by atoms with Crippen LogP contribution in [0, 0.1) is 0 Å². The third-order valence-electron chi connectivity index (χ3n) is 2.55. The van der Waals surface area contributed by atoms with Crippen LogP contribution in [-0.4, -0.2) is 28.4 Å². The minimum Gasteiger partial charge on any atom is -0.332 e. The first-order valence-electron chi connectivity index (χ1n) is 5.26. The second-order valence-corrected chi connectivity index (χ2v) is 4.66. The number of amides is 1. The monoisotopic (exact) mass is 280 g/mol. The van der Waals surface area contributed by atoms with E-state index in [2.05, 4.69) is 27.5 Å². The summed E-state index contributed by atoms with van der Waals surface area (Å²) in [7, 11) is 0. The molecule has 1 heterocycles. The van der Waals surface area contributed by atoms with E-state index in [-0.39, 0.29) is 5.91 Å². The van der Waals surface area contributed by atoms with Gasteiger partial charge in [0.15, 0.2) is 0 Å². The van der Waals surface area contributed by atoms with Gasteiger partial charge >= 0.3 is 0 Å². The zero-order valence-electron chi connectivity index (χ0n) is 8.90. The second kappa shape index (κ2) is 4.78. The predicted octanol–water partition coefficient (Wildman–Crippen LogP) is 2.63. The van der Waals surface area contributed by atoms with Gasteiger partial charge in [-0.25, -0.2) is 4.98 Å². The quantitative estimate of drug-likeness (QED) is 0.628. The van der Waals surface area contributed by atoms with Crippen LogP contribution in [0.2, 0.25) is 0 Å². The van der Waals surface area contributed by atoms with Crippen molar-refractivity contribution in [1.29, 1.82) is 0 Å². The highest BCUT2D eigenvalue weighted by Gasteiger charge is 2.32. The van der Waals surface area contributed by atoms with Gasteiger partial charge in [-0.3, -0.25) is 4.79 Å². The van der Waals surface area contributed by atoms with Gasteiger partial charge in [-0.05, 0) is 40.9 Å². The Kier molecular flexibility index (Phi) is 3.39. The van der Waals surface area contributed by atoms with Gasteiger partial charge in [0, 0.05) is 24.3 Å². The van der Waals surface area contributed by atoms with Crippen molar-refractivity contribution in [3.05, 3.63) is 41.2 Å². The molecule has 1 fully saturated rings. The van der Waals surface area contributed by atoms with E-state index in [1.165, 1.54) is 0 Å². The molecule has 1 saturated carbocycles. The van der Waals surface area contributed by atoms with E-state index in [0.29, 0.717) is 22.8 Å². The molecule has 0 aromatic carbocycles. The minimum absolute atomic E-state index is 0.0606. The summed E-state index contributed by atoms with van der Waals surface area (Å²) in [4.78, 5) is 18.1. The van der Waals surface area contributed by atoms with Crippen molar-refractivity contribution in [2.24, 2.45) is 0 Å². The summed E-state index contributed by atoms with van der Waals surface area (Å²) >= 11 is 3.27. The molecule has 1 aliphatic rings. The van der Waals surface area contributed by atoms with Crippen molar-refractivity contribution in [3.63, 3.8) is 0 Å². The van der Waals surface area contributed by atoms with Crippen molar-refractivity contribution in [2.45, 2.75) is 18.9 Å². The molecule has 0 aliphatic heterocycles. The molecule has 4 heteroatoms. The molecule has 1 amide bonds. The molecule has 1 aromatic rings. The molecule has 2 rings (SSSR count). The fourth-order valence-corrected chi connectivity index (χ4v) is 1.99. The number of pyridine rings is 1. The lowest BCUT2D eigenvalue weighted by Gasteiger charge is -2.20. The van der Waals surface area contributed by atoms with Crippen molar-refractivity contribution in [1.82, 2.24) is 9.88 Å². The van der Waals surface area contributed by atoms with Gasteiger partial charge < -0.3 is 4.90 Å². The van der Waals surface area contributed by atoms with Crippen molar-refractivity contribution in [3.8, 4) is 0 Å². The topological polar surface area (TPSA) is 33.2 Å². The van der Waals surface area contributed by atoms with Crippen LogP contribution in [0.15, 0.2) is 35.6 Å². The van der Waals surface area contributed by atoms with E-state index >= 15 is 0 Å². The van der Waals surface area contributed by atoms with Gasteiger partial charge in [0.1, 0.15) is 4.60 Å². The highest BCUT2D eigenvalue weighted by atomic mass is 79.9. The third-order valence-corrected chi connectivity index (χ3v) is 2.98.